The van der Waals surface area contributed by atoms with Crippen molar-refractivity contribution in [1.29, 1.82) is 0 Å². The fourth-order valence-electron chi connectivity index (χ4n) is 3.72. The molecular weight excluding hydrogens is 467 g/mol. The van der Waals surface area contributed by atoms with Gasteiger partial charge < -0.3 is 5.11 Å². The Hall–Kier alpha value is -2.59. The molecule has 0 aliphatic rings. The van der Waals surface area contributed by atoms with Gasteiger partial charge in [0.2, 0.25) is 0 Å². The molecule has 6 heteroatoms. The van der Waals surface area contributed by atoms with E-state index in [1.165, 1.54) is 6.08 Å². The van der Waals surface area contributed by atoms with Gasteiger partial charge in [0, 0.05) is 27.1 Å². The summed E-state index contributed by atoms with van der Waals surface area (Å²) in [6.07, 6.45) is 3.20. The number of carboxylic acid groups (broad SMARTS) is 1. The summed E-state index contributed by atoms with van der Waals surface area (Å²) in [5.41, 5.74) is 0.888. The van der Waals surface area contributed by atoms with Gasteiger partial charge in [-0.2, -0.15) is 0 Å². The van der Waals surface area contributed by atoms with E-state index in [1.54, 1.807) is 30.3 Å². The van der Waals surface area contributed by atoms with Gasteiger partial charge >= 0.3 is 5.97 Å². The summed E-state index contributed by atoms with van der Waals surface area (Å²) >= 11 is 18.9. The second kappa shape index (κ2) is 10.8. The molecule has 0 spiro atoms. The second-order valence-electron chi connectivity index (χ2n) is 7.44. The van der Waals surface area contributed by atoms with Gasteiger partial charge in [-0.05, 0) is 54.3 Å². The number of halogens is 3. The highest BCUT2D eigenvalue weighted by Gasteiger charge is 2.39. The Balaban J connectivity index is 2.12. The number of hydrogen-bond acceptors (Lipinski definition) is 2. The minimum atomic E-state index is -1.13. The molecule has 0 aromatic heterocycles. The number of carbonyl (C=O) groups excluding carboxylic acids is 1. The summed E-state index contributed by atoms with van der Waals surface area (Å²) in [5.74, 6) is -1.23. The largest absolute Gasteiger partial charge is 0.481 e. The monoisotopic (exact) mass is 486 g/mol. The van der Waals surface area contributed by atoms with E-state index >= 15 is 0 Å². The van der Waals surface area contributed by atoms with E-state index in [-0.39, 0.29) is 25.0 Å². The van der Waals surface area contributed by atoms with Gasteiger partial charge in [0.25, 0.3) is 0 Å². The standard InChI is InChI=1S/C26H21Cl3O3/c27-21-10-5-4-7-18(21)17-26(16-15-25(31)32,19-8-2-1-3-9-19)24(30)14-13-20-22(28)11-6-12-23(20)29/h1-14H,15-17H2,(H,31,32). The van der Waals surface area contributed by atoms with Crippen molar-refractivity contribution >= 4 is 52.6 Å². The number of aliphatic carboxylic acids is 1. The van der Waals surface area contributed by atoms with Crippen LogP contribution in [0, 0.1) is 0 Å². The van der Waals surface area contributed by atoms with E-state index in [4.69, 9.17) is 34.8 Å². The zero-order valence-corrected chi connectivity index (χ0v) is 19.4. The Kier molecular flexibility index (Phi) is 8.14. The predicted molar refractivity (Wildman–Crippen MR) is 131 cm³/mol. The third-order valence-electron chi connectivity index (χ3n) is 5.41. The first-order chi connectivity index (χ1) is 15.3. The summed E-state index contributed by atoms with van der Waals surface area (Å²) in [5, 5.41) is 10.8. The molecule has 0 bridgehead atoms. The minimum absolute atomic E-state index is 0.108. The van der Waals surface area contributed by atoms with Crippen molar-refractivity contribution in [2.75, 3.05) is 0 Å². The van der Waals surface area contributed by atoms with Crippen LogP contribution in [0.1, 0.15) is 29.5 Å². The minimum Gasteiger partial charge on any atom is -0.481 e. The zero-order valence-electron chi connectivity index (χ0n) is 17.1. The number of ketones is 1. The summed E-state index contributed by atoms with van der Waals surface area (Å²) in [6.45, 7) is 0. The van der Waals surface area contributed by atoms with Crippen LogP contribution in [0.2, 0.25) is 15.1 Å². The maximum absolute atomic E-state index is 13.8. The summed E-state index contributed by atoms with van der Waals surface area (Å²) < 4.78 is 0. The number of rotatable bonds is 9. The molecule has 0 saturated heterocycles. The number of carboxylic acids is 1. The van der Waals surface area contributed by atoms with Crippen LogP contribution >= 0.6 is 34.8 Å². The molecule has 3 aromatic carbocycles. The van der Waals surface area contributed by atoms with Crippen LogP contribution in [0.3, 0.4) is 0 Å². The van der Waals surface area contributed by atoms with Crippen LogP contribution in [0.5, 0.6) is 0 Å². The molecule has 3 aromatic rings. The second-order valence-corrected chi connectivity index (χ2v) is 8.66. The van der Waals surface area contributed by atoms with Crippen molar-refractivity contribution in [3.05, 3.63) is 111 Å². The molecule has 1 atom stereocenters. The Morgan fingerprint density at radius 3 is 2.03 bits per heavy atom. The molecule has 0 aliphatic heterocycles. The van der Waals surface area contributed by atoms with E-state index in [9.17, 15) is 14.7 Å². The molecule has 0 aliphatic carbocycles. The molecule has 0 fully saturated rings. The van der Waals surface area contributed by atoms with E-state index < -0.39 is 11.4 Å². The molecule has 32 heavy (non-hydrogen) atoms. The number of benzene rings is 3. The normalized spacial score (nSPS) is 13.1. The lowest BCUT2D eigenvalue weighted by Crippen LogP contribution is -2.38. The average Bonchev–Trinajstić information content (AvgIpc) is 2.78. The van der Waals surface area contributed by atoms with Gasteiger partial charge in [-0.3, -0.25) is 9.59 Å². The predicted octanol–water partition coefficient (Wildman–Crippen LogP) is 7.27. The van der Waals surface area contributed by atoms with Crippen molar-refractivity contribution in [2.24, 2.45) is 0 Å². The van der Waals surface area contributed by atoms with Gasteiger partial charge in [0.15, 0.2) is 5.78 Å². The quantitative estimate of drug-likeness (QED) is 0.323. The smallest absolute Gasteiger partial charge is 0.303 e. The van der Waals surface area contributed by atoms with Crippen LogP contribution in [0.4, 0.5) is 0 Å². The molecule has 3 rings (SSSR count). The van der Waals surface area contributed by atoms with Crippen LogP contribution in [-0.2, 0) is 21.4 Å². The van der Waals surface area contributed by atoms with Crippen LogP contribution < -0.4 is 0 Å². The Bertz CT molecular complexity index is 1120. The highest BCUT2D eigenvalue weighted by atomic mass is 35.5. The van der Waals surface area contributed by atoms with E-state index in [1.807, 2.05) is 48.5 Å². The van der Waals surface area contributed by atoms with Gasteiger partial charge in [0.05, 0.1) is 5.41 Å². The van der Waals surface area contributed by atoms with Gasteiger partial charge in [-0.1, -0.05) is 89.4 Å². The zero-order chi connectivity index (χ0) is 23.1. The van der Waals surface area contributed by atoms with Gasteiger partial charge in [0.1, 0.15) is 0 Å². The number of hydrogen-bond donors (Lipinski definition) is 1. The van der Waals surface area contributed by atoms with Crippen molar-refractivity contribution in [1.82, 2.24) is 0 Å². The number of allylic oxidation sites excluding steroid dienone is 1. The highest BCUT2D eigenvalue weighted by Crippen LogP contribution is 2.37. The Morgan fingerprint density at radius 1 is 0.812 bits per heavy atom. The maximum atomic E-state index is 13.8. The highest BCUT2D eigenvalue weighted by molar-refractivity contribution is 6.37. The van der Waals surface area contributed by atoms with Gasteiger partial charge in [-0.15, -0.1) is 0 Å². The van der Waals surface area contributed by atoms with Crippen LogP contribution in [-0.4, -0.2) is 16.9 Å². The maximum Gasteiger partial charge on any atom is 0.303 e. The molecule has 1 N–H and O–H groups in total. The Morgan fingerprint density at radius 2 is 1.41 bits per heavy atom. The topological polar surface area (TPSA) is 54.4 Å². The van der Waals surface area contributed by atoms with Crippen molar-refractivity contribution in [2.45, 2.75) is 24.7 Å². The van der Waals surface area contributed by atoms with Gasteiger partial charge in [-0.25, -0.2) is 0 Å². The third-order valence-corrected chi connectivity index (χ3v) is 6.44. The first-order valence-corrected chi connectivity index (χ1v) is 11.1. The fraction of sp³-hybridized carbons (Fsp3) is 0.154. The van der Waals surface area contributed by atoms with Crippen molar-refractivity contribution in [3.63, 3.8) is 0 Å². The molecule has 164 valence electrons. The lowest BCUT2D eigenvalue weighted by Gasteiger charge is -2.32. The fourth-order valence-corrected chi connectivity index (χ4v) is 4.45. The van der Waals surface area contributed by atoms with Crippen LogP contribution in [0.15, 0.2) is 78.9 Å². The van der Waals surface area contributed by atoms with E-state index in [0.29, 0.717) is 20.6 Å². The number of carbonyl (C=O) groups is 2. The SMILES string of the molecule is O=C(O)CCC(Cc1ccccc1Cl)(C(=O)C=Cc1c(Cl)cccc1Cl)c1ccccc1. The molecule has 1 unspecified atom stereocenters. The van der Waals surface area contributed by atoms with Crippen LogP contribution in [0.25, 0.3) is 6.08 Å². The molecule has 0 radical (unpaired) electrons. The lowest BCUT2D eigenvalue weighted by atomic mass is 9.69. The molecule has 0 amide bonds. The summed E-state index contributed by atoms with van der Waals surface area (Å²) in [6, 6.07) is 21.6. The lowest BCUT2D eigenvalue weighted by molar-refractivity contribution is -0.137. The molecule has 3 nitrogen and oxygen atoms in total. The van der Waals surface area contributed by atoms with E-state index in [0.717, 1.165) is 11.1 Å². The first-order valence-electron chi connectivity index (χ1n) is 10.0. The average molecular weight is 488 g/mol. The van der Waals surface area contributed by atoms with Crippen molar-refractivity contribution < 1.29 is 14.7 Å². The molecular formula is C26H21Cl3O3. The molecule has 0 saturated carbocycles. The Labute approximate surface area is 202 Å². The molecule has 0 heterocycles. The third kappa shape index (κ3) is 5.60. The summed E-state index contributed by atoms with van der Waals surface area (Å²) in [4.78, 5) is 25.3. The summed E-state index contributed by atoms with van der Waals surface area (Å²) in [7, 11) is 0. The van der Waals surface area contributed by atoms with Crippen molar-refractivity contribution in [3.8, 4) is 0 Å². The first kappa shape index (κ1) is 24.1. The van der Waals surface area contributed by atoms with E-state index in [2.05, 4.69) is 0 Å².